The number of halogens is 2. The van der Waals surface area contributed by atoms with Crippen LogP contribution in [0.5, 0.6) is 11.5 Å². The second kappa shape index (κ2) is 12.8. The summed E-state index contributed by atoms with van der Waals surface area (Å²) in [6.45, 7) is 5.84. The van der Waals surface area contributed by atoms with Crippen molar-refractivity contribution in [2.45, 2.75) is 51.8 Å². The molecule has 4 nitrogen and oxygen atoms in total. The van der Waals surface area contributed by atoms with Crippen molar-refractivity contribution >= 4 is 35.1 Å². The molecule has 0 aromatic heterocycles. The third-order valence-corrected chi connectivity index (χ3v) is 6.59. The monoisotopic (exact) mass is 512 g/mol. The number of esters is 2. The number of rotatable bonds is 10. The van der Waals surface area contributed by atoms with Crippen LogP contribution in [0, 0.1) is 5.92 Å². The molecule has 0 saturated carbocycles. The van der Waals surface area contributed by atoms with Crippen molar-refractivity contribution in [3.8, 4) is 22.6 Å². The van der Waals surface area contributed by atoms with Gasteiger partial charge < -0.3 is 9.47 Å². The van der Waals surface area contributed by atoms with Gasteiger partial charge in [0, 0.05) is 0 Å². The van der Waals surface area contributed by atoms with Crippen molar-refractivity contribution in [2.24, 2.45) is 5.92 Å². The zero-order valence-corrected chi connectivity index (χ0v) is 21.7. The lowest BCUT2D eigenvalue weighted by molar-refractivity contribution is -0.134. The Hall–Kier alpha value is -2.82. The number of ether oxygens (including phenoxy) is 2. The van der Waals surface area contributed by atoms with Crippen LogP contribution in [0.2, 0.25) is 5.02 Å². The van der Waals surface area contributed by atoms with E-state index in [0.717, 1.165) is 17.5 Å². The first-order valence-corrected chi connectivity index (χ1v) is 12.7. The summed E-state index contributed by atoms with van der Waals surface area (Å²) in [6.07, 6.45) is 4.78. The molecular weight excluding hydrogens is 483 g/mol. The maximum absolute atomic E-state index is 12.6. The molecule has 35 heavy (non-hydrogen) atoms. The van der Waals surface area contributed by atoms with E-state index in [4.69, 9.17) is 32.7 Å². The summed E-state index contributed by atoms with van der Waals surface area (Å²) in [5.74, 6) is -0.682. The number of benzene rings is 3. The van der Waals surface area contributed by atoms with Crippen molar-refractivity contribution in [3.05, 3.63) is 82.9 Å². The lowest BCUT2D eigenvalue weighted by Gasteiger charge is -2.13. The Morgan fingerprint density at radius 1 is 0.857 bits per heavy atom. The second-order valence-corrected chi connectivity index (χ2v) is 9.66. The summed E-state index contributed by atoms with van der Waals surface area (Å²) in [5, 5.41) is -0.670. The first-order valence-electron chi connectivity index (χ1n) is 11.9. The average Bonchev–Trinajstić information content (AvgIpc) is 2.85. The fraction of sp³-hybridized carbons (Fsp3) is 0.310. The molecule has 0 amide bonds. The van der Waals surface area contributed by atoms with Gasteiger partial charge >= 0.3 is 11.9 Å². The molecule has 0 fully saturated rings. The Morgan fingerprint density at radius 3 is 2.06 bits per heavy atom. The molecule has 0 saturated heterocycles. The highest BCUT2D eigenvalue weighted by Crippen LogP contribution is 2.28. The Morgan fingerprint density at radius 2 is 1.49 bits per heavy atom. The summed E-state index contributed by atoms with van der Waals surface area (Å²) in [6, 6.07) is 20.3. The van der Waals surface area contributed by atoms with E-state index in [9.17, 15) is 9.59 Å². The van der Waals surface area contributed by atoms with Crippen LogP contribution >= 0.6 is 23.2 Å². The lowest BCUT2D eigenvalue weighted by Crippen LogP contribution is -2.25. The fourth-order valence-corrected chi connectivity index (χ4v) is 3.74. The van der Waals surface area contributed by atoms with Crippen molar-refractivity contribution in [2.75, 3.05) is 0 Å². The minimum absolute atomic E-state index is 0.0847. The van der Waals surface area contributed by atoms with E-state index in [2.05, 4.69) is 31.2 Å². The quantitative estimate of drug-likeness (QED) is 0.119. The first kappa shape index (κ1) is 26.8. The van der Waals surface area contributed by atoms with Gasteiger partial charge in [-0.25, -0.2) is 4.79 Å². The molecule has 0 N–H and O–H groups in total. The predicted molar refractivity (Wildman–Crippen MR) is 142 cm³/mol. The van der Waals surface area contributed by atoms with E-state index in [1.165, 1.54) is 43.0 Å². The Labute approximate surface area is 217 Å². The molecule has 184 valence electrons. The van der Waals surface area contributed by atoms with Crippen LogP contribution in [0.25, 0.3) is 11.1 Å². The third-order valence-electron chi connectivity index (χ3n) is 5.61. The SMILES string of the molecule is CCCCCc1ccc(-c2ccc(OC(=O)c3ccc(OC(=O)C(Cl)C(C)C)c(Cl)c3)cc2)cc1. The second-order valence-electron chi connectivity index (χ2n) is 8.78. The van der Waals surface area contributed by atoms with Gasteiger partial charge in [0.25, 0.3) is 0 Å². The summed E-state index contributed by atoms with van der Waals surface area (Å²) < 4.78 is 10.7. The van der Waals surface area contributed by atoms with Gasteiger partial charge in [-0.1, -0.05) is 81.6 Å². The van der Waals surface area contributed by atoms with E-state index in [0.29, 0.717) is 5.75 Å². The third kappa shape index (κ3) is 7.58. The molecule has 3 aromatic carbocycles. The van der Waals surface area contributed by atoms with Gasteiger partial charge in [-0.2, -0.15) is 0 Å². The number of alkyl halides is 1. The zero-order chi connectivity index (χ0) is 25.4. The van der Waals surface area contributed by atoms with Crippen LogP contribution in [-0.4, -0.2) is 17.3 Å². The Balaban J connectivity index is 1.61. The molecule has 6 heteroatoms. The highest BCUT2D eigenvalue weighted by atomic mass is 35.5. The van der Waals surface area contributed by atoms with Gasteiger partial charge in [-0.3, -0.25) is 4.79 Å². The standard InChI is InChI=1S/C29H30Cl2O4/c1-4-5-6-7-20-8-10-21(11-9-20)22-12-15-24(16-13-22)34-28(32)23-14-17-26(25(30)18-23)35-29(33)27(31)19(2)3/h8-19,27H,4-7H2,1-3H3. The normalized spacial score (nSPS) is 11.8. The molecule has 1 atom stereocenters. The molecule has 0 radical (unpaired) electrons. The maximum Gasteiger partial charge on any atom is 0.343 e. The van der Waals surface area contributed by atoms with Gasteiger partial charge in [0.05, 0.1) is 10.6 Å². The fourth-order valence-electron chi connectivity index (χ4n) is 3.47. The molecule has 0 aliphatic rings. The molecule has 0 spiro atoms. The molecule has 1 unspecified atom stereocenters. The zero-order valence-electron chi connectivity index (χ0n) is 20.2. The topological polar surface area (TPSA) is 52.6 Å². The number of hydrogen-bond acceptors (Lipinski definition) is 4. The van der Waals surface area contributed by atoms with E-state index < -0.39 is 17.3 Å². The maximum atomic E-state index is 12.6. The summed E-state index contributed by atoms with van der Waals surface area (Å²) in [7, 11) is 0. The Bertz CT molecular complexity index is 1140. The van der Waals surface area contributed by atoms with Gasteiger partial charge in [0.2, 0.25) is 0 Å². The van der Waals surface area contributed by atoms with E-state index in [-0.39, 0.29) is 22.3 Å². The van der Waals surface area contributed by atoms with E-state index in [1.54, 1.807) is 12.1 Å². The Kier molecular flexibility index (Phi) is 9.76. The van der Waals surface area contributed by atoms with Crippen LogP contribution in [0.4, 0.5) is 0 Å². The van der Waals surface area contributed by atoms with Crippen molar-refractivity contribution in [1.82, 2.24) is 0 Å². The first-order chi connectivity index (χ1) is 16.8. The minimum Gasteiger partial charge on any atom is -0.424 e. The summed E-state index contributed by atoms with van der Waals surface area (Å²) in [4.78, 5) is 24.6. The summed E-state index contributed by atoms with van der Waals surface area (Å²) >= 11 is 12.2. The van der Waals surface area contributed by atoms with Crippen molar-refractivity contribution < 1.29 is 19.1 Å². The van der Waals surface area contributed by atoms with E-state index in [1.807, 2.05) is 26.0 Å². The van der Waals surface area contributed by atoms with Crippen LogP contribution < -0.4 is 9.47 Å². The number of carbonyl (C=O) groups excluding carboxylic acids is 2. The van der Waals surface area contributed by atoms with Gasteiger partial charge in [0.1, 0.15) is 16.9 Å². The number of hydrogen-bond donors (Lipinski definition) is 0. The van der Waals surface area contributed by atoms with Crippen LogP contribution in [0.15, 0.2) is 66.7 Å². The molecule has 0 heterocycles. The van der Waals surface area contributed by atoms with Crippen LogP contribution in [0.1, 0.15) is 56.0 Å². The molecule has 0 aliphatic carbocycles. The van der Waals surface area contributed by atoms with E-state index >= 15 is 0 Å². The van der Waals surface area contributed by atoms with Crippen LogP contribution in [0.3, 0.4) is 0 Å². The van der Waals surface area contributed by atoms with Gasteiger partial charge in [-0.15, -0.1) is 11.6 Å². The number of unbranched alkanes of at least 4 members (excludes halogenated alkanes) is 2. The van der Waals surface area contributed by atoms with Crippen molar-refractivity contribution in [3.63, 3.8) is 0 Å². The highest BCUT2D eigenvalue weighted by molar-refractivity contribution is 6.33. The molecule has 0 aliphatic heterocycles. The molecular formula is C29H30Cl2O4. The highest BCUT2D eigenvalue weighted by Gasteiger charge is 2.22. The van der Waals surface area contributed by atoms with Gasteiger partial charge in [0.15, 0.2) is 0 Å². The summed E-state index contributed by atoms with van der Waals surface area (Å²) in [5.41, 5.74) is 3.73. The van der Waals surface area contributed by atoms with Gasteiger partial charge in [-0.05, 0) is 65.8 Å². The number of carbonyl (C=O) groups is 2. The van der Waals surface area contributed by atoms with Crippen molar-refractivity contribution in [1.29, 1.82) is 0 Å². The number of aryl methyl sites for hydroxylation is 1. The molecule has 3 aromatic rings. The predicted octanol–water partition coefficient (Wildman–Crippen LogP) is 8.13. The average molecular weight is 513 g/mol. The molecule has 0 bridgehead atoms. The lowest BCUT2D eigenvalue weighted by atomic mass is 10.0. The molecule has 3 rings (SSSR count). The largest absolute Gasteiger partial charge is 0.424 e. The van der Waals surface area contributed by atoms with Crippen LogP contribution in [-0.2, 0) is 11.2 Å². The minimum atomic E-state index is -0.789. The smallest absolute Gasteiger partial charge is 0.343 e.